The van der Waals surface area contributed by atoms with Gasteiger partial charge in [-0.05, 0) is 13.0 Å². The van der Waals surface area contributed by atoms with Crippen molar-refractivity contribution >= 4 is 11.8 Å². The Morgan fingerprint density at radius 2 is 1.96 bits per heavy atom. The molecule has 7 nitrogen and oxygen atoms in total. The number of anilines is 1. The predicted molar refractivity (Wildman–Crippen MR) is 103 cm³/mol. The molecule has 3 rings (SSSR count). The smallest absolute Gasteiger partial charge is 0.337 e. The first-order chi connectivity index (χ1) is 13.3. The van der Waals surface area contributed by atoms with Gasteiger partial charge < -0.3 is 10.1 Å². The molecule has 0 aliphatic carbocycles. The average Bonchev–Trinajstić information content (AvgIpc) is 2.68. The van der Waals surface area contributed by atoms with E-state index < -0.39 is 29.0 Å². The number of carbonyl (C=O) groups excluding carboxylic acids is 1. The molecule has 0 saturated heterocycles. The third-order valence-electron chi connectivity index (χ3n) is 4.76. The summed E-state index contributed by atoms with van der Waals surface area (Å²) in [6, 6.07) is 5.90. The van der Waals surface area contributed by atoms with Crippen LogP contribution in [0, 0.1) is 5.82 Å². The molecule has 0 bridgehead atoms. The zero-order valence-corrected chi connectivity index (χ0v) is 15.8. The topological polar surface area (TPSA) is 82.3 Å². The van der Waals surface area contributed by atoms with Crippen LogP contribution in [0.25, 0.3) is 0 Å². The Morgan fingerprint density at radius 1 is 1.29 bits per heavy atom. The number of fused-ring (bicyclic) bond motifs is 1. The van der Waals surface area contributed by atoms with E-state index in [9.17, 15) is 18.8 Å². The van der Waals surface area contributed by atoms with E-state index in [0.29, 0.717) is 5.70 Å². The molecule has 1 aromatic carbocycles. The minimum atomic E-state index is -1.03. The number of nitrogens with zero attached hydrogens (tertiary/aromatic N) is 2. The van der Waals surface area contributed by atoms with Gasteiger partial charge in [0, 0.05) is 25.4 Å². The number of halogens is 1. The van der Waals surface area contributed by atoms with E-state index in [1.54, 1.807) is 13.0 Å². The number of benzene rings is 1. The van der Waals surface area contributed by atoms with Crippen molar-refractivity contribution in [1.29, 1.82) is 0 Å². The van der Waals surface area contributed by atoms with Gasteiger partial charge in [-0.1, -0.05) is 30.9 Å². The molecule has 0 saturated carbocycles. The summed E-state index contributed by atoms with van der Waals surface area (Å²) >= 11 is 0. The van der Waals surface area contributed by atoms with E-state index >= 15 is 0 Å². The standard InChI is InChI=1S/C20H20FN3O4/c1-5-10-28-19(26)14-11(2)22-17-16(18(25)24(4)20(27)23(17)3)15(14)12-8-6-7-9-13(12)21/h5-9,15,22H,1,10H2,2-4H3. The third kappa shape index (κ3) is 2.96. The second-order valence-electron chi connectivity index (χ2n) is 6.47. The van der Waals surface area contributed by atoms with Gasteiger partial charge in [0.1, 0.15) is 18.2 Å². The number of hydrogen-bond acceptors (Lipinski definition) is 5. The van der Waals surface area contributed by atoms with Crippen molar-refractivity contribution in [2.45, 2.75) is 12.8 Å². The number of esters is 1. The molecule has 0 spiro atoms. The number of allylic oxidation sites excluding steroid dienone is 1. The van der Waals surface area contributed by atoms with Crippen molar-refractivity contribution in [3.8, 4) is 0 Å². The lowest BCUT2D eigenvalue weighted by Gasteiger charge is -2.30. The maximum Gasteiger partial charge on any atom is 0.337 e. The quantitative estimate of drug-likeness (QED) is 0.641. The van der Waals surface area contributed by atoms with Crippen LogP contribution in [0.2, 0.25) is 0 Å². The van der Waals surface area contributed by atoms with Crippen molar-refractivity contribution < 1.29 is 13.9 Å². The summed E-state index contributed by atoms with van der Waals surface area (Å²) in [7, 11) is 2.84. The van der Waals surface area contributed by atoms with Gasteiger partial charge >= 0.3 is 11.7 Å². The summed E-state index contributed by atoms with van der Waals surface area (Å²) in [6.07, 6.45) is 1.42. The number of ether oxygens (including phenoxy) is 1. The van der Waals surface area contributed by atoms with E-state index in [0.717, 1.165) is 4.57 Å². The molecule has 1 aliphatic heterocycles. The van der Waals surface area contributed by atoms with Crippen molar-refractivity contribution in [2.75, 3.05) is 11.9 Å². The number of nitrogens with one attached hydrogen (secondary N) is 1. The lowest BCUT2D eigenvalue weighted by Crippen LogP contribution is -2.43. The SMILES string of the molecule is C=CCOC(=O)C1=C(C)Nc2c(c(=O)n(C)c(=O)n2C)C1c1ccccc1F. The van der Waals surface area contributed by atoms with Crippen molar-refractivity contribution in [3.05, 3.63) is 86.0 Å². The van der Waals surface area contributed by atoms with Crippen LogP contribution in [0.1, 0.15) is 24.0 Å². The Morgan fingerprint density at radius 3 is 2.61 bits per heavy atom. The van der Waals surface area contributed by atoms with Crippen LogP contribution in [-0.2, 0) is 23.6 Å². The van der Waals surface area contributed by atoms with E-state index in [-0.39, 0.29) is 29.1 Å². The van der Waals surface area contributed by atoms with E-state index in [1.807, 2.05) is 0 Å². The first-order valence-corrected chi connectivity index (χ1v) is 8.59. The molecule has 8 heteroatoms. The zero-order chi connectivity index (χ0) is 20.6. The van der Waals surface area contributed by atoms with Crippen molar-refractivity contribution in [3.63, 3.8) is 0 Å². The van der Waals surface area contributed by atoms with Gasteiger partial charge in [0.2, 0.25) is 0 Å². The van der Waals surface area contributed by atoms with E-state index in [4.69, 9.17) is 4.74 Å². The van der Waals surface area contributed by atoms with Crippen LogP contribution in [0.4, 0.5) is 10.2 Å². The van der Waals surface area contributed by atoms with Gasteiger partial charge in [-0.2, -0.15) is 0 Å². The molecule has 1 atom stereocenters. The molecule has 1 N–H and O–H groups in total. The van der Waals surface area contributed by atoms with Gasteiger partial charge in [-0.15, -0.1) is 0 Å². The summed E-state index contributed by atoms with van der Waals surface area (Å²) < 4.78 is 22.1. The highest BCUT2D eigenvalue weighted by atomic mass is 19.1. The molecule has 2 aromatic rings. The first-order valence-electron chi connectivity index (χ1n) is 8.59. The maximum absolute atomic E-state index is 14.7. The van der Waals surface area contributed by atoms with Gasteiger partial charge in [0.05, 0.1) is 17.1 Å². The Hall–Kier alpha value is -3.42. The fourth-order valence-corrected chi connectivity index (χ4v) is 3.39. The summed E-state index contributed by atoms with van der Waals surface area (Å²) in [5.74, 6) is -2.07. The third-order valence-corrected chi connectivity index (χ3v) is 4.76. The Bertz CT molecular complexity index is 1130. The monoisotopic (exact) mass is 385 g/mol. The molecule has 0 radical (unpaired) electrons. The lowest BCUT2D eigenvalue weighted by molar-refractivity contribution is -0.138. The Labute approximate surface area is 160 Å². The average molecular weight is 385 g/mol. The maximum atomic E-state index is 14.7. The molecule has 1 unspecified atom stereocenters. The van der Waals surface area contributed by atoms with Crippen LogP contribution in [-0.4, -0.2) is 21.7 Å². The second kappa shape index (κ2) is 7.30. The molecule has 146 valence electrons. The zero-order valence-electron chi connectivity index (χ0n) is 15.8. The molecule has 0 amide bonds. The van der Waals surface area contributed by atoms with Crippen LogP contribution >= 0.6 is 0 Å². The minimum absolute atomic E-state index is 0.0300. The minimum Gasteiger partial charge on any atom is -0.458 e. The van der Waals surface area contributed by atoms with Crippen LogP contribution in [0.15, 0.2) is 57.8 Å². The van der Waals surface area contributed by atoms with Gasteiger partial charge in [-0.3, -0.25) is 13.9 Å². The molecular formula is C20H20FN3O4. The molecule has 0 fully saturated rings. The number of rotatable bonds is 4. The van der Waals surface area contributed by atoms with E-state index in [2.05, 4.69) is 11.9 Å². The summed E-state index contributed by atoms with van der Waals surface area (Å²) in [4.78, 5) is 38.0. The Kier molecular flexibility index (Phi) is 5.04. The van der Waals surface area contributed by atoms with Crippen LogP contribution in [0.5, 0.6) is 0 Å². The second-order valence-corrected chi connectivity index (χ2v) is 6.47. The number of hydrogen-bond donors (Lipinski definition) is 1. The summed E-state index contributed by atoms with van der Waals surface area (Å²) in [6.45, 7) is 5.10. The van der Waals surface area contributed by atoms with Crippen LogP contribution in [0.3, 0.4) is 0 Å². The number of aromatic nitrogens is 2. The van der Waals surface area contributed by atoms with Gasteiger partial charge in [-0.25, -0.2) is 14.0 Å². The Balaban J connectivity index is 2.37. The molecule has 1 aromatic heterocycles. The highest BCUT2D eigenvalue weighted by molar-refractivity contribution is 5.94. The normalized spacial score (nSPS) is 15.6. The predicted octanol–water partition coefficient (Wildman–Crippen LogP) is 1.78. The van der Waals surface area contributed by atoms with Gasteiger partial charge in [0.25, 0.3) is 5.56 Å². The molecular weight excluding hydrogens is 365 g/mol. The molecule has 2 heterocycles. The van der Waals surface area contributed by atoms with Crippen molar-refractivity contribution in [2.24, 2.45) is 14.1 Å². The highest BCUT2D eigenvalue weighted by Crippen LogP contribution is 2.40. The highest BCUT2D eigenvalue weighted by Gasteiger charge is 2.38. The molecule has 1 aliphatic rings. The largest absolute Gasteiger partial charge is 0.458 e. The first kappa shape index (κ1) is 19.3. The number of carbonyl (C=O) groups is 1. The van der Waals surface area contributed by atoms with E-state index in [1.165, 1.54) is 42.9 Å². The summed E-state index contributed by atoms with van der Waals surface area (Å²) in [5, 5.41) is 2.94. The summed E-state index contributed by atoms with van der Waals surface area (Å²) in [5.41, 5.74) is -0.417. The van der Waals surface area contributed by atoms with Gasteiger partial charge in [0.15, 0.2) is 0 Å². The fraction of sp³-hybridized carbons (Fsp3) is 0.250. The lowest BCUT2D eigenvalue weighted by atomic mass is 9.82. The van der Waals surface area contributed by atoms with Crippen LogP contribution < -0.4 is 16.6 Å². The molecule has 28 heavy (non-hydrogen) atoms. The fourth-order valence-electron chi connectivity index (χ4n) is 3.39. The van der Waals surface area contributed by atoms with Crippen molar-refractivity contribution in [1.82, 2.24) is 9.13 Å².